The second-order valence-corrected chi connectivity index (χ2v) is 10.6. The van der Waals surface area contributed by atoms with E-state index in [1.54, 1.807) is 0 Å². The number of carboxylic acid groups (broad SMARTS) is 1. The number of hydrogen-bond donors (Lipinski definition) is 2. The van der Waals surface area contributed by atoms with Crippen molar-refractivity contribution in [2.45, 2.75) is 5.92 Å². The molecule has 0 aliphatic heterocycles. The van der Waals surface area contributed by atoms with Gasteiger partial charge in [-0.05, 0) is 22.3 Å². The number of alkyl carbamates (subject to hydrolysis) is 1. The molecule has 49 heavy (non-hydrogen) atoms. The highest BCUT2D eigenvalue weighted by Gasteiger charge is 2.28. The molecule has 0 saturated heterocycles. The van der Waals surface area contributed by atoms with Crippen LogP contribution >= 0.6 is 0 Å². The quantitative estimate of drug-likeness (QED) is 0.111. The molecular weight excluding hydrogens is 642 g/mol. The normalized spacial score (nSPS) is 12.2. The third-order valence-electron chi connectivity index (χ3n) is 7.06. The maximum atomic E-state index is 12.2. The largest absolute Gasteiger partial charge is 0.480 e. The Bertz CT molecular complexity index is 1120. The van der Waals surface area contributed by atoms with Gasteiger partial charge in [0.25, 0.3) is 0 Å². The maximum absolute atomic E-state index is 12.2. The Morgan fingerprint density at radius 3 is 1.24 bits per heavy atom. The Labute approximate surface area is 288 Å². The summed E-state index contributed by atoms with van der Waals surface area (Å²) in [6.07, 6.45) is -0.458. The van der Waals surface area contributed by atoms with Crippen molar-refractivity contribution >= 4 is 12.1 Å². The summed E-state index contributed by atoms with van der Waals surface area (Å²) in [6.45, 7) is 7.55. The third kappa shape index (κ3) is 17.9. The molecule has 14 nitrogen and oxygen atoms in total. The van der Waals surface area contributed by atoms with Crippen molar-refractivity contribution in [3.8, 4) is 11.1 Å². The lowest BCUT2D eigenvalue weighted by Crippen LogP contribution is -2.29. The van der Waals surface area contributed by atoms with E-state index in [0.717, 1.165) is 0 Å². The Kier molecular flexibility index (Phi) is 21.9. The molecule has 1 aliphatic carbocycles. The van der Waals surface area contributed by atoms with E-state index in [4.69, 9.17) is 52.5 Å². The summed E-state index contributed by atoms with van der Waals surface area (Å²) in [5, 5.41) is 11.2. The van der Waals surface area contributed by atoms with E-state index in [9.17, 15) is 9.59 Å². The monoisotopic (exact) mass is 693 g/mol. The van der Waals surface area contributed by atoms with Gasteiger partial charge < -0.3 is 57.8 Å². The van der Waals surface area contributed by atoms with E-state index in [-0.39, 0.29) is 25.7 Å². The van der Waals surface area contributed by atoms with Crippen LogP contribution in [0.25, 0.3) is 11.1 Å². The number of carboxylic acids is 1. The van der Waals surface area contributed by atoms with Crippen LogP contribution in [0.2, 0.25) is 0 Å². The van der Waals surface area contributed by atoms with Crippen LogP contribution in [0.5, 0.6) is 0 Å². The van der Waals surface area contributed by atoms with Crippen molar-refractivity contribution in [3.63, 3.8) is 0 Å². The van der Waals surface area contributed by atoms with Gasteiger partial charge >= 0.3 is 12.1 Å². The standard InChI is InChI=1S/C35H51NO13/c37-34(38)28-48-26-25-47-24-23-46-22-21-45-20-19-44-18-17-43-16-15-42-14-13-41-12-11-40-10-9-36-35(39)49-27-33-31-7-3-1-5-29(31)30-6-2-4-8-32(30)33/h1-8,33H,9-28H2,(H,36,39)(H,37,38). The molecule has 0 bridgehead atoms. The second-order valence-electron chi connectivity index (χ2n) is 10.6. The first-order valence-electron chi connectivity index (χ1n) is 16.7. The molecule has 0 unspecified atom stereocenters. The van der Waals surface area contributed by atoms with Gasteiger partial charge in [-0.3, -0.25) is 0 Å². The van der Waals surface area contributed by atoms with Crippen LogP contribution in [0.15, 0.2) is 48.5 Å². The van der Waals surface area contributed by atoms with Crippen LogP contribution in [-0.2, 0) is 52.2 Å². The van der Waals surface area contributed by atoms with Crippen molar-refractivity contribution < 1.29 is 62.1 Å². The van der Waals surface area contributed by atoms with Crippen LogP contribution in [0.1, 0.15) is 17.0 Å². The van der Waals surface area contributed by atoms with Crippen molar-refractivity contribution in [2.24, 2.45) is 0 Å². The highest BCUT2D eigenvalue weighted by atomic mass is 16.6. The van der Waals surface area contributed by atoms with Crippen LogP contribution in [0.3, 0.4) is 0 Å². The zero-order valence-electron chi connectivity index (χ0n) is 28.2. The van der Waals surface area contributed by atoms with Gasteiger partial charge in [0.15, 0.2) is 0 Å². The molecule has 1 aliphatic rings. The zero-order chi connectivity index (χ0) is 34.6. The fourth-order valence-electron chi connectivity index (χ4n) is 4.79. The summed E-state index contributed by atoms with van der Waals surface area (Å²) < 4.78 is 53.8. The van der Waals surface area contributed by atoms with Gasteiger partial charge in [-0.2, -0.15) is 0 Å². The predicted octanol–water partition coefficient (Wildman–Crippen LogP) is 2.76. The molecule has 3 rings (SSSR count). The van der Waals surface area contributed by atoms with Gasteiger partial charge in [-0.1, -0.05) is 48.5 Å². The number of benzene rings is 2. The van der Waals surface area contributed by atoms with Crippen LogP contribution in [0.4, 0.5) is 4.79 Å². The van der Waals surface area contributed by atoms with E-state index in [2.05, 4.69) is 29.6 Å². The molecule has 2 aromatic rings. The lowest BCUT2D eigenvalue weighted by atomic mass is 9.98. The molecule has 1 amide bonds. The SMILES string of the molecule is O=C(O)COCCOCCOCCOCCOCCOCCOCCOCCOCCNC(=O)OCC1c2ccccc2-c2ccccc21. The van der Waals surface area contributed by atoms with Gasteiger partial charge in [0, 0.05) is 12.5 Å². The van der Waals surface area contributed by atoms with E-state index in [0.29, 0.717) is 112 Å². The fraction of sp³-hybridized carbons (Fsp3) is 0.600. The van der Waals surface area contributed by atoms with E-state index < -0.39 is 12.1 Å². The summed E-state index contributed by atoms with van der Waals surface area (Å²) in [6, 6.07) is 16.5. The lowest BCUT2D eigenvalue weighted by Gasteiger charge is -2.14. The average Bonchev–Trinajstić information content (AvgIpc) is 3.43. The van der Waals surface area contributed by atoms with E-state index in [1.165, 1.54) is 22.3 Å². The first kappa shape index (κ1) is 40.3. The summed E-state index contributed by atoms with van der Waals surface area (Å²) in [5.41, 5.74) is 4.75. The molecule has 2 N–H and O–H groups in total. The van der Waals surface area contributed by atoms with E-state index in [1.807, 2.05) is 24.3 Å². The summed E-state index contributed by atoms with van der Waals surface area (Å²) in [7, 11) is 0. The average molecular weight is 694 g/mol. The molecular formula is C35H51NO13. The second kappa shape index (κ2) is 26.7. The Balaban J connectivity index is 0.982. The van der Waals surface area contributed by atoms with Crippen LogP contribution in [-0.4, -0.2) is 149 Å². The van der Waals surface area contributed by atoms with Gasteiger partial charge in [0.2, 0.25) is 0 Å². The Hall–Kier alpha value is -3.18. The van der Waals surface area contributed by atoms with Crippen LogP contribution < -0.4 is 5.32 Å². The first-order valence-corrected chi connectivity index (χ1v) is 16.7. The molecule has 0 spiro atoms. The third-order valence-corrected chi connectivity index (χ3v) is 7.06. The number of nitrogens with one attached hydrogen (secondary N) is 1. The number of carbonyl (C=O) groups excluding carboxylic acids is 1. The number of aliphatic carboxylic acids is 1. The van der Waals surface area contributed by atoms with Gasteiger partial charge in [-0.15, -0.1) is 0 Å². The van der Waals surface area contributed by atoms with Gasteiger partial charge in [-0.25, -0.2) is 9.59 Å². The van der Waals surface area contributed by atoms with E-state index >= 15 is 0 Å². The Morgan fingerprint density at radius 1 is 0.510 bits per heavy atom. The van der Waals surface area contributed by atoms with Gasteiger partial charge in [0.1, 0.15) is 13.2 Å². The number of fused-ring (bicyclic) bond motifs is 3. The van der Waals surface area contributed by atoms with Gasteiger partial charge in [0.05, 0.1) is 112 Å². The summed E-state index contributed by atoms with van der Waals surface area (Å²) in [4.78, 5) is 22.5. The highest BCUT2D eigenvalue weighted by molar-refractivity contribution is 5.79. The van der Waals surface area contributed by atoms with Crippen molar-refractivity contribution in [1.82, 2.24) is 5.32 Å². The summed E-state index contributed by atoms with van der Waals surface area (Å²) in [5.74, 6) is -0.967. The molecule has 0 aromatic heterocycles. The molecule has 0 atom stereocenters. The molecule has 0 fully saturated rings. The number of rotatable bonds is 31. The predicted molar refractivity (Wildman–Crippen MR) is 178 cm³/mol. The smallest absolute Gasteiger partial charge is 0.407 e. The molecule has 0 radical (unpaired) electrons. The van der Waals surface area contributed by atoms with Crippen molar-refractivity contribution in [2.75, 3.05) is 132 Å². The van der Waals surface area contributed by atoms with Crippen molar-refractivity contribution in [1.29, 1.82) is 0 Å². The number of hydrogen-bond acceptors (Lipinski definition) is 12. The van der Waals surface area contributed by atoms with Crippen LogP contribution in [0, 0.1) is 0 Å². The minimum Gasteiger partial charge on any atom is -0.480 e. The number of ether oxygens (including phenoxy) is 10. The molecule has 0 saturated carbocycles. The lowest BCUT2D eigenvalue weighted by molar-refractivity contribution is -0.142. The number of amides is 1. The molecule has 14 heteroatoms. The highest BCUT2D eigenvalue weighted by Crippen LogP contribution is 2.44. The zero-order valence-corrected chi connectivity index (χ0v) is 28.2. The molecule has 2 aromatic carbocycles. The maximum Gasteiger partial charge on any atom is 0.407 e. The Morgan fingerprint density at radius 2 is 0.857 bits per heavy atom. The minimum atomic E-state index is -1.000. The fourth-order valence-corrected chi connectivity index (χ4v) is 4.79. The topological polar surface area (TPSA) is 159 Å². The van der Waals surface area contributed by atoms with Crippen molar-refractivity contribution in [3.05, 3.63) is 59.7 Å². The minimum absolute atomic E-state index is 0.0329. The molecule has 274 valence electrons. The number of carbonyl (C=O) groups is 2. The first-order chi connectivity index (χ1) is 24.2. The summed E-state index contributed by atoms with van der Waals surface area (Å²) >= 11 is 0. The molecule has 0 heterocycles.